The van der Waals surface area contributed by atoms with Crippen LogP contribution in [-0.4, -0.2) is 34.2 Å². The summed E-state index contributed by atoms with van der Waals surface area (Å²) < 4.78 is 11.0. The van der Waals surface area contributed by atoms with Crippen LogP contribution in [0.5, 0.6) is 11.5 Å². The summed E-state index contributed by atoms with van der Waals surface area (Å²) in [5.41, 5.74) is 0.674. The fourth-order valence-electron chi connectivity index (χ4n) is 2.95. The zero-order chi connectivity index (χ0) is 22.7. The minimum absolute atomic E-state index is 0.115. The van der Waals surface area contributed by atoms with E-state index in [0.717, 1.165) is 16.7 Å². The Morgan fingerprint density at radius 1 is 1.26 bits per heavy atom. The van der Waals surface area contributed by atoms with E-state index < -0.39 is 16.1 Å². The van der Waals surface area contributed by atoms with Gasteiger partial charge in [0.05, 0.1) is 34.6 Å². The molecule has 1 fully saturated rings. The molecule has 0 saturated carbocycles. The van der Waals surface area contributed by atoms with Crippen molar-refractivity contribution in [1.29, 1.82) is 0 Å². The van der Waals surface area contributed by atoms with E-state index in [1.807, 2.05) is 13.8 Å². The van der Waals surface area contributed by atoms with Gasteiger partial charge in [-0.2, -0.15) is 0 Å². The van der Waals surface area contributed by atoms with Gasteiger partial charge in [0.2, 0.25) is 0 Å². The third-order valence-electron chi connectivity index (χ3n) is 4.29. The topological polar surface area (TPSA) is 99.0 Å². The van der Waals surface area contributed by atoms with Crippen molar-refractivity contribution in [2.75, 3.05) is 7.11 Å². The smallest absolute Gasteiger partial charge is 0.293 e. The minimum atomic E-state index is -0.542. The lowest BCUT2D eigenvalue weighted by molar-refractivity contribution is -0.385. The average Bonchev–Trinajstić information content (AvgIpc) is 2.97. The number of benzene rings is 2. The third-order valence-corrected chi connectivity index (χ3v) is 5.48. The first-order valence-corrected chi connectivity index (χ1v) is 10.4. The Balaban J connectivity index is 1.89. The molecule has 1 saturated heterocycles. The molecule has 31 heavy (non-hydrogen) atoms. The zero-order valence-corrected chi connectivity index (χ0v) is 18.5. The van der Waals surface area contributed by atoms with E-state index >= 15 is 0 Å². The van der Waals surface area contributed by atoms with Crippen molar-refractivity contribution < 1.29 is 24.0 Å². The Hall–Kier alpha value is -3.04. The summed E-state index contributed by atoms with van der Waals surface area (Å²) in [7, 11) is 1.48. The van der Waals surface area contributed by atoms with Crippen molar-refractivity contribution in [1.82, 2.24) is 4.90 Å². The Bertz CT molecular complexity index is 1090. The first-order valence-electron chi connectivity index (χ1n) is 9.23. The maximum Gasteiger partial charge on any atom is 0.293 e. The van der Waals surface area contributed by atoms with Gasteiger partial charge in [0.15, 0.2) is 11.5 Å². The van der Waals surface area contributed by atoms with E-state index in [2.05, 4.69) is 0 Å². The Morgan fingerprint density at radius 3 is 2.61 bits per heavy atom. The summed E-state index contributed by atoms with van der Waals surface area (Å²) in [4.78, 5) is 37.1. The van der Waals surface area contributed by atoms with Crippen LogP contribution in [0.15, 0.2) is 41.3 Å². The van der Waals surface area contributed by atoms with Gasteiger partial charge in [0, 0.05) is 11.6 Å². The number of hydrogen-bond acceptors (Lipinski definition) is 7. The molecule has 10 heteroatoms. The molecule has 2 amide bonds. The first kappa shape index (κ1) is 22.6. The lowest BCUT2D eigenvalue weighted by atomic mass is 10.1. The molecule has 8 nitrogen and oxygen atoms in total. The largest absolute Gasteiger partial charge is 0.493 e. The van der Waals surface area contributed by atoms with Crippen LogP contribution in [0.3, 0.4) is 0 Å². The maximum absolute atomic E-state index is 12.8. The number of rotatable bonds is 7. The second-order valence-corrected chi connectivity index (χ2v) is 8.25. The lowest BCUT2D eigenvalue weighted by Gasteiger charge is -2.15. The number of nitrogens with zero attached hydrogens (tertiary/aromatic N) is 2. The second-order valence-electron chi connectivity index (χ2n) is 6.85. The molecule has 0 unspecified atom stereocenters. The minimum Gasteiger partial charge on any atom is -0.493 e. The summed E-state index contributed by atoms with van der Waals surface area (Å²) in [5, 5.41) is 11.0. The number of carbonyl (C=O) groups is 2. The van der Waals surface area contributed by atoms with Gasteiger partial charge in [-0.3, -0.25) is 24.6 Å². The van der Waals surface area contributed by atoms with Crippen molar-refractivity contribution in [3.8, 4) is 11.5 Å². The van der Waals surface area contributed by atoms with Gasteiger partial charge in [-0.05, 0) is 49.4 Å². The number of ether oxygens (including phenoxy) is 2. The number of hydrogen-bond donors (Lipinski definition) is 0. The van der Waals surface area contributed by atoms with Crippen LogP contribution < -0.4 is 9.47 Å². The van der Waals surface area contributed by atoms with Crippen molar-refractivity contribution in [2.45, 2.75) is 26.5 Å². The van der Waals surface area contributed by atoms with E-state index in [1.165, 1.54) is 31.4 Å². The number of methoxy groups -OCH3 is 1. The van der Waals surface area contributed by atoms with Crippen LogP contribution >= 0.6 is 23.4 Å². The second kappa shape index (κ2) is 9.40. The molecule has 1 heterocycles. The summed E-state index contributed by atoms with van der Waals surface area (Å²) in [6.45, 7) is 3.53. The predicted octanol–water partition coefficient (Wildman–Crippen LogP) is 5.28. The molecule has 3 rings (SSSR count). The maximum atomic E-state index is 12.8. The van der Waals surface area contributed by atoms with E-state index in [9.17, 15) is 19.7 Å². The number of nitro benzene ring substituents is 1. The molecule has 0 spiro atoms. The highest BCUT2D eigenvalue weighted by Crippen LogP contribution is 2.39. The van der Waals surface area contributed by atoms with Gasteiger partial charge in [0.1, 0.15) is 0 Å². The molecule has 2 aromatic carbocycles. The Kier molecular flexibility index (Phi) is 6.87. The number of imide groups is 1. The SMILES string of the molecule is COc1cc(/C=C2\SC(=O)N(Cc3ccccc3[N+](=O)[O-])C2=O)cc(Cl)c1OC(C)C. The molecule has 0 aromatic heterocycles. The molecule has 0 bridgehead atoms. The van der Waals surface area contributed by atoms with Gasteiger partial charge in [-0.15, -0.1) is 0 Å². The molecule has 1 aliphatic rings. The van der Waals surface area contributed by atoms with Crippen molar-refractivity contribution >= 4 is 46.3 Å². The lowest BCUT2D eigenvalue weighted by Crippen LogP contribution is -2.27. The molecule has 1 aliphatic heterocycles. The summed E-state index contributed by atoms with van der Waals surface area (Å²) in [6.07, 6.45) is 1.41. The molecule has 0 N–H and O–H groups in total. The van der Waals surface area contributed by atoms with Gasteiger partial charge >= 0.3 is 0 Å². The quantitative estimate of drug-likeness (QED) is 0.313. The monoisotopic (exact) mass is 462 g/mol. The number of amides is 2. The van der Waals surface area contributed by atoms with E-state index in [0.29, 0.717) is 22.1 Å². The Morgan fingerprint density at radius 2 is 1.97 bits per heavy atom. The van der Waals surface area contributed by atoms with E-state index in [4.69, 9.17) is 21.1 Å². The summed E-state index contributed by atoms with van der Waals surface area (Å²) in [5.74, 6) is 0.248. The molecule has 0 radical (unpaired) electrons. The van der Waals surface area contributed by atoms with Crippen LogP contribution in [0.1, 0.15) is 25.0 Å². The molecule has 2 aromatic rings. The number of thioether (sulfide) groups is 1. The highest BCUT2D eigenvalue weighted by molar-refractivity contribution is 8.18. The van der Waals surface area contributed by atoms with Gasteiger partial charge in [-0.25, -0.2) is 0 Å². The molecule has 0 atom stereocenters. The highest BCUT2D eigenvalue weighted by atomic mass is 35.5. The molecular weight excluding hydrogens is 444 g/mol. The Labute approximate surface area is 187 Å². The van der Waals surface area contributed by atoms with Crippen LogP contribution in [0.2, 0.25) is 5.02 Å². The van der Waals surface area contributed by atoms with E-state index in [1.54, 1.807) is 18.2 Å². The van der Waals surface area contributed by atoms with Crippen molar-refractivity contribution in [3.63, 3.8) is 0 Å². The summed E-state index contributed by atoms with van der Waals surface area (Å²) >= 11 is 7.08. The zero-order valence-electron chi connectivity index (χ0n) is 17.0. The first-order chi connectivity index (χ1) is 14.7. The predicted molar refractivity (Wildman–Crippen MR) is 118 cm³/mol. The van der Waals surface area contributed by atoms with Crippen molar-refractivity contribution in [3.05, 3.63) is 67.6 Å². The summed E-state index contributed by atoms with van der Waals surface area (Å²) in [6, 6.07) is 9.26. The molecular formula is C21H19ClN2O6S. The van der Waals surface area contributed by atoms with Gasteiger partial charge < -0.3 is 9.47 Å². The number of para-hydroxylation sites is 1. The number of nitro groups is 1. The normalized spacial score (nSPS) is 15.1. The number of halogens is 1. The number of carbonyl (C=O) groups excluding carboxylic acids is 2. The third kappa shape index (κ3) is 5.00. The van der Waals surface area contributed by atoms with Crippen LogP contribution in [0.4, 0.5) is 10.5 Å². The fourth-order valence-corrected chi connectivity index (χ4v) is 4.06. The van der Waals surface area contributed by atoms with Crippen LogP contribution in [0, 0.1) is 10.1 Å². The van der Waals surface area contributed by atoms with Gasteiger partial charge in [-0.1, -0.05) is 29.8 Å². The molecule has 0 aliphatic carbocycles. The van der Waals surface area contributed by atoms with Crippen molar-refractivity contribution in [2.24, 2.45) is 0 Å². The van der Waals surface area contributed by atoms with Crippen LogP contribution in [0.25, 0.3) is 6.08 Å². The molecule has 162 valence electrons. The average molecular weight is 463 g/mol. The highest BCUT2D eigenvalue weighted by Gasteiger charge is 2.36. The standard InChI is InChI=1S/C21H19ClN2O6S/c1-12(2)30-19-15(22)8-13(9-17(19)29-3)10-18-20(25)23(21(26)31-18)11-14-6-4-5-7-16(14)24(27)28/h4-10,12H,11H2,1-3H3/b18-10-. The van der Waals surface area contributed by atoms with Gasteiger partial charge in [0.25, 0.3) is 16.8 Å². The van der Waals surface area contributed by atoms with Crippen LogP contribution in [-0.2, 0) is 11.3 Å². The fraction of sp³-hybridized carbons (Fsp3) is 0.238. The van der Waals surface area contributed by atoms with E-state index in [-0.39, 0.29) is 28.8 Å².